The van der Waals surface area contributed by atoms with Crippen molar-refractivity contribution in [2.75, 3.05) is 13.1 Å². The Morgan fingerprint density at radius 3 is 2.53 bits per heavy atom. The fourth-order valence-corrected chi connectivity index (χ4v) is 2.26. The first-order valence-corrected chi connectivity index (χ1v) is 5.82. The zero-order chi connectivity index (χ0) is 10.6. The molecular formula is C12H20N2O. The fraction of sp³-hybridized carbons (Fsp3) is 0.667. The molecule has 3 nitrogen and oxygen atoms in total. The van der Waals surface area contributed by atoms with Gasteiger partial charge in [0, 0.05) is 32.0 Å². The molecule has 0 aliphatic heterocycles. The number of rotatable bonds is 5. The van der Waals surface area contributed by atoms with Crippen molar-refractivity contribution in [1.29, 1.82) is 0 Å². The second-order valence-corrected chi connectivity index (χ2v) is 4.53. The van der Waals surface area contributed by atoms with Gasteiger partial charge in [0.1, 0.15) is 0 Å². The highest BCUT2D eigenvalue weighted by molar-refractivity contribution is 4.90. The van der Waals surface area contributed by atoms with Crippen LogP contribution in [0.25, 0.3) is 0 Å². The quantitative estimate of drug-likeness (QED) is 0.717. The Balaban J connectivity index is 1.62. The topological polar surface area (TPSA) is 37.2 Å². The Labute approximate surface area is 91.1 Å². The van der Waals surface area contributed by atoms with Crippen molar-refractivity contribution in [2.45, 2.75) is 37.8 Å². The molecule has 1 aliphatic carbocycles. The molecule has 1 fully saturated rings. The van der Waals surface area contributed by atoms with Crippen molar-refractivity contribution >= 4 is 0 Å². The monoisotopic (exact) mass is 208 g/mol. The maximum Gasteiger partial charge on any atom is 0.0771 e. The summed E-state index contributed by atoms with van der Waals surface area (Å²) in [5, 5.41) is 13.4. The summed E-state index contributed by atoms with van der Waals surface area (Å²) in [6.07, 6.45) is 8.40. The lowest BCUT2D eigenvalue weighted by atomic mass is 10.0. The zero-order valence-electron chi connectivity index (χ0n) is 9.15. The van der Waals surface area contributed by atoms with Gasteiger partial charge in [0.2, 0.25) is 0 Å². The van der Waals surface area contributed by atoms with E-state index < -0.39 is 5.60 Å². The largest absolute Gasteiger partial charge is 0.389 e. The normalized spacial score (nSPS) is 19.5. The van der Waals surface area contributed by atoms with Crippen LogP contribution < -0.4 is 5.32 Å². The molecule has 0 aromatic carbocycles. The average molecular weight is 208 g/mol. The van der Waals surface area contributed by atoms with Crippen LogP contribution in [0, 0.1) is 0 Å². The molecule has 0 amide bonds. The van der Waals surface area contributed by atoms with Crippen molar-refractivity contribution in [3.05, 3.63) is 24.5 Å². The molecule has 0 spiro atoms. The first kappa shape index (κ1) is 10.7. The van der Waals surface area contributed by atoms with Gasteiger partial charge < -0.3 is 15.0 Å². The van der Waals surface area contributed by atoms with Crippen LogP contribution in [0.5, 0.6) is 0 Å². The molecular weight excluding hydrogens is 188 g/mol. The van der Waals surface area contributed by atoms with Crippen LogP contribution in [0.2, 0.25) is 0 Å². The van der Waals surface area contributed by atoms with Crippen molar-refractivity contribution in [3.8, 4) is 0 Å². The molecule has 1 heterocycles. The molecule has 1 aromatic heterocycles. The zero-order valence-corrected chi connectivity index (χ0v) is 9.15. The van der Waals surface area contributed by atoms with E-state index in [0.717, 1.165) is 32.5 Å². The first-order valence-electron chi connectivity index (χ1n) is 5.82. The predicted molar refractivity (Wildman–Crippen MR) is 60.7 cm³/mol. The van der Waals surface area contributed by atoms with Crippen molar-refractivity contribution in [3.63, 3.8) is 0 Å². The number of hydrogen-bond acceptors (Lipinski definition) is 2. The van der Waals surface area contributed by atoms with Gasteiger partial charge in [-0.15, -0.1) is 0 Å². The van der Waals surface area contributed by atoms with E-state index in [1.807, 2.05) is 12.1 Å². The van der Waals surface area contributed by atoms with Crippen LogP contribution in [0.3, 0.4) is 0 Å². The van der Waals surface area contributed by atoms with E-state index in [1.165, 1.54) is 12.8 Å². The van der Waals surface area contributed by atoms with Crippen LogP contribution in [0.4, 0.5) is 0 Å². The highest BCUT2D eigenvalue weighted by Gasteiger charge is 2.30. The molecule has 0 unspecified atom stereocenters. The van der Waals surface area contributed by atoms with Gasteiger partial charge in [-0.3, -0.25) is 0 Å². The second-order valence-electron chi connectivity index (χ2n) is 4.53. The summed E-state index contributed by atoms with van der Waals surface area (Å²) < 4.78 is 2.14. The van der Waals surface area contributed by atoms with Crippen molar-refractivity contribution < 1.29 is 5.11 Å². The first-order chi connectivity index (χ1) is 7.29. The highest BCUT2D eigenvalue weighted by atomic mass is 16.3. The summed E-state index contributed by atoms with van der Waals surface area (Å²) in [6, 6.07) is 4.06. The summed E-state index contributed by atoms with van der Waals surface area (Å²) in [4.78, 5) is 0. The third-order valence-electron chi connectivity index (χ3n) is 3.20. The number of aromatic nitrogens is 1. The van der Waals surface area contributed by atoms with E-state index in [0.29, 0.717) is 0 Å². The minimum Gasteiger partial charge on any atom is -0.389 e. The maximum atomic E-state index is 10.1. The highest BCUT2D eigenvalue weighted by Crippen LogP contribution is 2.28. The number of hydrogen-bond donors (Lipinski definition) is 2. The van der Waals surface area contributed by atoms with Gasteiger partial charge in [-0.05, 0) is 25.0 Å². The molecule has 84 valence electrons. The number of nitrogens with zero attached hydrogens (tertiary/aromatic N) is 1. The molecule has 3 heteroatoms. The van der Waals surface area contributed by atoms with E-state index in [4.69, 9.17) is 0 Å². The SMILES string of the molecule is OC1(CNCCn2cccc2)CCCC1. The summed E-state index contributed by atoms with van der Waals surface area (Å²) in [5.74, 6) is 0. The minimum atomic E-state index is -0.420. The molecule has 1 aromatic rings. The van der Waals surface area contributed by atoms with E-state index in [-0.39, 0.29) is 0 Å². The van der Waals surface area contributed by atoms with Crippen LogP contribution in [-0.4, -0.2) is 28.4 Å². The van der Waals surface area contributed by atoms with E-state index in [2.05, 4.69) is 22.3 Å². The summed E-state index contributed by atoms with van der Waals surface area (Å²) in [5.41, 5.74) is -0.420. The Morgan fingerprint density at radius 2 is 1.87 bits per heavy atom. The van der Waals surface area contributed by atoms with Gasteiger partial charge in [0.05, 0.1) is 5.60 Å². The van der Waals surface area contributed by atoms with Gasteiger partial charge in [0.25, 0.3) is 0 Å². The number of aliphatic hydroxyl groups is 1. The lowest BCUT2D eigenvalue weighted by Gasteiger charge is -2.22. The van der Waals surface area contributed by atoms with Gasteiger partial charge in [0.15, 0.2) is 0 Å². The van der Waals surface area contributed by atoms with E-state index in [9.17, 15) is 5.11 Å². The molecule has 0 saturated heterocycles. The molecule has 0 radical (unpaired) electrons. The number of nitrogens with one attached hydrogen (secondary N) is 1. The molecule has 2 N–H and O–H groups in total. The fourth-order valence-electron chi connectivity index (χ4n) is 2.26. The molecule has 1 saturated carbocycles. The lowest BCUT2D eigenvalue weighted by molar-refractivity contribution is 0.0478. The summed E-state index contributed by atoms with van der Waals surface area (Å²) in [7, 11) is 0. The maximum absolute atomic E-state index is 10.1. The Hall–Kier alpha value is -0.800. The molecule has 2 rings (SSSR count). The van der Waals surface area contributed by atoms with Crippen LogP contribution in [0.15, 0.2) is 24.5 Å². The van der Waals surface area contributed by atoms with E-state index >= 15 is 0 Å². The minimum absolute atomic E-state index is 0.420. The summed E-state index contributed by atoms with van der Waals surface area (Å²) >= 11 is 0. The van der Waals surface area contributed by atoms with Crippen LogP contribution in [0.1, 0.15) is 25.7 Å². The third-order valence-corrected chi connectivity index (χ3v) is 3.20. The standard InChI is InChI=1S/C12H20N2O/c15-12(5-1-2-6-12)11-13-7-10-14-8-3-4-9-14/h3-4,8-9,13,15H,1-2,5-7,10-11H2. The smallest absolute Gasteiger partial charge is 0.0771 e. The molecule has 0 atom stereocenters. The van der Waals surface area contributed by atoms with Crippen LogP contribution >= 0.6 is 0 Å². The van der Waals surface area contributed by atoms with Crippen LogP contribution in [-0.2, 0) is 6.54 Å². The van der Waals surface area contributed by atoms with Gasteiger partial charge >= 0.3 is 0 Å². The Morgan fingerprint density at radius 1 is 1.20 bits per heavy atom. The van der Waals surface area contributed by atoms with Crippen molar-refractivity contribution in [2.24, 2.45) is 0 Å². The Kier molecular flexibility index (Phi) is 3.44. The van der Waals surface area contributed by atoms with Crippen molar-refractivity contribution in [1.82, 2.24) is 9.88 Å². The van der Waals surface area contributed by atoms with Gasteiger partial charge in [-0.1, -0.05) is 12.8 Å². The van der Waals surface area contributed by atoms with E-state index in [1.54, 1.807) is 0 Å². The third kappa shape index (κ3) is 3.08. The average Bonchev–Trinajstić information content (AvgIpc) is 2.84. The Bertz CT molecular complexity index is 276. The van der Waals surface area contributed by atoms with Gasteiger partial charge in [-0.2, -0.15) is 0 Å². The summed E-state index contributed by atoms with van der Waals surface area (Å²) in [6.45, 7) is 2.65. The van der Waals surface area contributed by atoms with Gasteiger partial charge in [-0.25, -0.2) is 0 Å². The lowest BCUT2D eigenvalue weighted by Crippen LogP contribution is -2.39. The molecule has 0 bridgehead atoms. The molecule has 15 heavy (non-hydrogen) atoms. The molecule has 1 aliphatic rings. The second kappa shape index (κ2) is 4.81. The predicted octanol–water partition coefficient (Wildman–Crippen LogP) is 1.38.